The minimum Gasteiger partial charge on any atom is -0.497 e. The molecule has 4 rings (SSSR count). The minimum absolute atomic E-state index is 0.0000303. The van der Waals surface area contributed by atoms with Crippen LogP contribution >= 0.6 is 22.7 Å². The lowest BCUT2D eigenvalue weighted by molar-refractivity contribution is 0.102. The molecule has 0 saturated carbocycles. The molecule has 1 amide bonds. The number of hydrogen-bond acceptors (Lipinski definition) is 8. The molecule has 3 heterocycles. The van der Waals surface area contributed by atoms with Crippen LogP contribution in [0.4, 0.5) is 5.13 Å². The maximum atomic E-state index is 12.7. The number of thiazole rings is 1. The molecule has 9 heteroatoms. The van der Waals surface area contributed by atoms with Crippen molar-refractivity contribution in [1.82, 2.24) is 15.2 Å². The fourth-order valence-corrected chi connectivity index (χ4v) is 4.60. The molecule has 140 valence electrons. The average molecular weight is 403 g/mol. The van der Waals surface area contributed by atoms with Crippen molar-refractivity contribution in [2.24, 2.45) is 0 Å². The normalized spacial score (nSPS) is 16.4. The molecule has 1 N–H and O–H groups in total. The van der Waals surface area contributed by atoms with Crippen LogP contribution in [0.5, 0.6) is 5.75 Å². The summed E-state index contributed by atoms with van der Waals surface area (Å²) in [4.78, 5) is 17.8. The van der Waals surface area contributed by atoms with E-state index in [9.17, 15) is 4.79 Å². The summed E-state index contributed by atoms with van der Waals surface area (Å²) < 4.78 is 10.8. The molecule has 1 fully saturated rings. The van der Waals surface area contributed by atoms with Crippen LogP contribution in [0.1, 0.15) is 39.3 Å². The van der Waals surface area contributed by atoms with E-state index in [1.165, 1.54) is 22.7 Å². The van der Waals surface area contributed by atoms with E-state index in [1.807, 2.05) is 31.2 Å². The fourth-order valence-electron chi connectivity index (χ4n) is 2.81. The number of nitrogens with one attached hydrogen (secondary N) is 1. The summed E-state index contributed by atoms with van der Waals surface area (Å²) in [6.07, 6.45) is 1.97. The zero-order valence-corrected chi connectivity index (χ0v) is 16.5. The Morgan fingerprint density at radius 1 is 1.26 bits per heavy atom. The van der Waals surface area contributed by atoms with Gasteiger partial charge in [-0.25, -0.2) is 4.98 Å². The average Bonchev–Trinajstić information content (AvgIpc) is 3.42. The summed E-state index contributed by atoms with van der Waals surface area (Å²) in [7, 11) is 1.63. The molecule has 2 aromatic heterocycles. The van der Waals surface area contributed by atoms with E-state index in [0.29, 0.717) is 15.7 Å². The summed E-state index contributed by atoms with van der Waals surface area (Å²) >= 11 is 2.71. The molecule has 1 aliphatic heterocycles. The van der Waals surface area contributed by atoms with Crippen molar-refractivity contribution in [3.05, 3.63) is 39.8 Å². The van der Waals surface area contributed by atoms with Gasteiger partial charge in [-0.05, 0) is 44.0 Å². The van der Waals surface area contributed by atoms with Crippen molar-refractivity contribution < 1.29 is 14.3 Å². The van der Waals surface area contributed by atoms with Gasteiger partial charge >= 0.3 is 0 Å². The van der Waals surface area contributed by atoms with Gasteiger partial charge in [-0.1, -0.05) is 11.3 Å². The molecule has 0 radical (unpaired) electrons. The molecule has 0 aliphatic carbocycles. The maximum Gasteiger partial charge on any atom is 0.269 e. The number of carbonyl (C=O) groups is 1. The van der Waals surface area contributed by atoms with E-state index in [2.05, 4.69) is 20.5 Å². The lowest BCUT2D eigenvalue weighted by Gasteiger charge is -2.02. The first-order chi connectivity index (χ1) is 13.1. The van der Waals surface area contributed by atoms with Crippen LogP contribution in [0, 0.1) is 6.92 Å². The summed E-state index contributed by atoms with van der Waals surface area (Å²) in [5, 5.41) is 13.1. The Morgan fingerprint density at radius 3 is 2.78 bits per heavy atom. The van der Waals surface area contributed by atoms with Gasteiger partial charge in [0.15, 0.2) is 0 Å². The number of amides is 1. The maximum absolute atomic E-state index is 12.7. The molecule has 1 saturated heterocycles. The van der Waals surface area contributed by atoms with E-state index in [4.69, 9.17) is 9.47 Å². The van der Waals surface area contributed by atoms with Crippen molar-refractivity contribution >= 4 is 33.7 Å². The molecule has 27 heavy (non-hydrogen) atoms. The van der Waals surface area contributed by atoms with Crippen LogP contribution in [0.15, 0.2) is 24.3 Å². The molecule has 1 aromatic carbocycles. The topological polar surface area (TPSA) is 86.2 Å². The van der Waals surface area contributed by atoms with Gasteiger partial charge in [0.1, 0.15) is 26.7 Å². The van der Waals surface area contributed by atoms with Gasteiger partial charge in [-0.2, -0.15) is 0 Å². The van der Waals surface area contributed by atoms with Gasteiger partial charge in [-0.15, -0.1) is 21.5 Å². The van der Waals surface area contributed by atoms with Crippen LogP contribution in [0.3, 0.4) is 0 Å². The highest BCUT2D eigenvalue weighted by Gasteiger charge is 2.23. The Morgan fingerprint density at radius 2 is 2.07 bits per heavy atom. The number of hydrogen-bond donors (Lipinski definition) is 1. The highest BCUT2D eigenvalue weighted by atomic mass is 32.1. The molecule has 7 nitrogen and oxygen atoms in total. The van der Waals surface area contributed by atoms with Crippen molar-refractivity contribution in [3.8, 4) is 16.3 Å². The van der Waals surface area contributed by atoms with E-state index >= 15 is 0 Å². The van der Waals surface area contributed by atoms with E-state index < -0.39 is 0 Å². The van der Waals surface area contributed by atoms with E-state index in [-0.39, 0.29) is 12.0 Å². The molecule has 1 aliphatic rings. The highest BCUT2D eigenvalue weighted by Crippen LogP contribution is 2.33. The number of methoxy groups -OCH3 is 1. The van der Waals surface area contributed by atoms with Crippen LogP contribution in [-0.2, 0) is 4.74 Å². The molecule has 0 bridgehead atoms. The largest absolute Gasteiger partial charge is 0.497 e. The molecule has 3 aromatic rings. The van der Waals surface area contributed by atoms with Crippen LogP contribution in [0.2, 0.25) is 0 Å². The lowest BCUT2D eigenvalue weighted by atomic mass is 10.2. The second kappa shape index (κ2) is 7.71. The smallest absolute Gasteiger partial charge is 0.269 e. The monoisotopic (exact) mass is 402 g/mol. The van der Waals surface area contributed by atoms with E-state index in [1.54, 1.807) is 7.11 Å². The Kier molecular flexibility index (Phi) is 5.15. The van der Waals surface area contributed by atoms with Crippen molar-refractivity contribution in [1.29, 1.82) is 0 Å². The first kappa shape index (κ1) is 18.0. The van der Waals surface area contributed by atoms with Gasteiger partial charge in [0, 0.05) is 12.2 Å². The second-order valence-electron chi connectivity index (χ2n) is 6.06. The number of rotatable bonds is 5. The SMILES string of the molecule is COc1ccc(-c2nc(C)c(C(=O)Nc3nnc([C@H]4CCCO4)s3)s2)cc1. The standard InChI is InChI=1S/C18H18N4O3S2/c1-10-14(26-16(19-10)11-5-7-12(24-2)8-6-11)15(23)20-18-22-21-17(27-18)13-4-3-9-25-13/h5-8,13H,3-4,9H2,1-2H3,(H,20,22,23)/t13-/m1/s1. The zero-order chi connectivity index (χ0) is 18.8. The molecule has 0 spiro atoms. The highest BCUT2D eigenvalue weighted by molar-refractivity contribution is 7.17. The number of ether oxygens (including phenoxy) is 2. The summed E-state index contributed by atoms with van der Waals surface area (Å²) in [5.41, 5.74) is 1.63. The molecular formula is C18H18N4O3S2. The first-order valence-corrected chi connectivity index (χ1v) is 10.2. The van der Waals surface area contributed by atoms with Crippen LogP contribution in [-0.4, -0.2) is 34.8 Å². The molecular weight excluding hydrogens is 384 g/mol. The number of aryl methyl sites for hydroxylation is 1. The summed E-state index contributed by atoms with van der Waals surface area (Å²) in [5.74, 6) is 0.558. The Bertz CT molecular complexity index is 946. The zero-order valence-electron chi connectivity index (χ0n) is 14.9. The predicted octanol–water partition coefficient (Wildman–Crippen LogP) is 4.08. The van der Waals surface area contributed by atoms with Gasteiger partial charge in [0.25, 0.3) is 5.91 Å². The number of benzene rings is 1. The Balaban J connectivity index is 1.49. The van der Waals surface area contributed by atoms with Gasteiger partial charge in [0.2, 0.25) is 5.13 Å². The summed E-state index contributed by atoms with van der Waals surface area (Å²) in [6, 6.07) is 7.61. The third kappa shape index (κ3) is 3.85. The molecule has 1 atom stereocenters. The first-order valence-electron chi connectivity index (χ1n) is 8.52. The van der Waals surface area contributed by atoms with E-state index in [0.717, 1.165) is 40.8 Å². The third-order valence-corrected chi connectivity index (χ3v) is 6.34. The van der Waals surface area contributed by atoms with Crippen molar-refractivity contribution in [2.45, 2.75) is 25.9 Å². The van der Waals surface area contributed by atoms with Gasteiger partial charge in [0.05, 0.1) is 12.8 Å². The minimum atomic E-state index is -0.222. The number of anilines is 1. The van der Waals surface area contributed by atoms with Crippen molar-refractivity contribution in [2.75, 3.05) is 19.0 Å². The van der Waals surface area contributed by atoms with Crippen LogP contribution < -0.4 is 10.1 Å². The second-order valence-corrected chi connectivity index (χ2v) is 8.07. The van der Waals surface area contributed by atoms with Gasteiger partial charge in [-0.3, -0.25) is 10.1 Å². The number of aromatic nitrogens is 3. The third-order valence-electron chi connectivity index (χ3n) is 4.21. The summed E-state index contributed by atoms with van der Waals surface area (Å²) in [6.45, 7) is 2.58. The van der Waals surface area contributed by atoms with Gasteiger partial charge < -0.3 is 9.47 Å². The molecule has 0 unspecified atom stereocenters. The lowest BCUT2D eigenvalue weighted by Crippen LogP contribution is -2.11. The quantitative estimate of drug-likeness (QED) is 0.692. The number of nitrogens with zero attached hydrogens (tertiary/aromatic N) is 3. The Hall–Kier alpha value is -2.36. The Labute approximate surface area is 164 Å². The number of carbonyl (C=O) groups excluding carboxylic acids is 1. The fraction of sp³-hybridized carbons (Fsp3) is 0.333. The predicted molar refractivity (Wildman–Crippen MR) is 105 cm³/mol. The van der Waals surface area contributed by atoms with Crippen LogP contribution in [0.25, 0.3) is 10.6 Å². The van der Waals surface area contributed by atoms with Crippen molar-refractivity contribution in [3.63, 3.8) is 0 Å².